The second-order valence-corrected chi connectivity index (χ2v) is 3.84. The molecule has 2 rings (SSSR count). The van der Waals surface area contributed by atoms with E-state index in [0.29, 0.717) is 16.8 Å². The van der Waals surface area contributed by atoms with E-state index in [4.69, 9.17) is 5.11 Å². The minimum absolute atomic E-state index is 0.0222. The topological polar surface area (TPSA) is 55.1 Å². The molecule has 0 radical (unpaired) electrons. The number of aromatic carboxylic acids is 1. The van der Waals surface area contributed by atoms with Crippen LogP contribution in [0.3, 0.4) is 0 Å². The zero-order chi connectivity index (χ0) is 12.6. The van der Waals surface area contributed by atoms with Gasteiger partial charge in [0.2, 0.25) is 0 Å². The summed E-state index contributed by atoms with van der Waals surface area (Å²) in [5, 5.41) is 12.8. The second kappa shape index (κ2) is 4.01. The first kappa shape index (κ1) is 11.3. The van der Waals surface area contributed by atoms with E-state index in [0.717, 1.165) is 0 Å². The molecular formula is C12H11FN2O2. The molecule has 0 aliphatic carbocycles. The van der Waals surface area contributed by atoms with E-state index in [1.807, 2.05) is 0 Å². The number of carboxylic acid groups (broad SMARTS) is 1. The monoisotopic (exact) mass is 234 g/mol. The highest BCUT2D eigenvalue weighted by Gasteiger charge is 2.13. The number of nitrogens with zero attached hydrogens (tertiary/aromatic N) is 2. The lowest BCUT2D eigenvalue weighted by molar-refractivity contribution is 0.0689. The molecule has 5 heteroatoms. The van der Waals surface area contributed by atoms with Gasteiger partial charge in [-0.25, -0.2) is 13.9 Å². The Morgan fingerprint density at radius 3 is 2.59 bits per heavy atom. The number of carbonyl (C=O) groups is 1. The van der Waals surface area contributed by atoms with Crippen molar-refractivity contribution in [2.24, 2.45) is 0 Å². The Morgan fingerprint density at radius 2 is 2.06 bits per heavy atom. The van der Waals surface area contributed by atoms with Crippen molar-refractivity contribution < 1.29 is 14.3 Å². The highest BCUT2D eigenvalue weighted by molar-refractivity contribution is 5.86. The van der Waals surface area contributed by atoms with Crippen molar-refractivity contribution in [2.45, 2.75) is 13.8 Å². The lowest BCUT2D eigenvalue weighted by atomic mass is 10.2. The van der Waals surface area contributed by atoms with E-state index < -0.39 is 5.97 Å². The van der Waals surface area contributed by atoms with Crippen LogP contribution >= 0.6 is 0 Å². The van der Waals surface area contributed by atoms with Gasteiger partial charge in [-0.15, -0.1) is 0 Å². The van der Waals surface area contributed by atoms with Gasteiger partial charge in [0.15, 0.2) is 5.69 Å². The van der Waals surface area contributed by atoms with Crippen LogP contribution in [0.25, 0.3) is 5.69 Å². The van der Waals surface area contributed by atoms with Crippen LogP contribution in [0, 0.1) is 19.7 Å². The highest BCUT2D eigenvalue weighted by Crippen LogP contribution is 2.15. The smallest absolute Gasteiger partial charge is 0.356 e. The number of hydrogen-bond donors (Lipinski definition) is 1. The van der Waals surface area contributed by atoms with Crippen molar-refractivity contribution in [3.05, 3.63) is 47.0 Å². The zero-order valence-corrected chi connectivity index (χ0v) is 9.44. The Bertz CT molecular complexity index is 590. The molecule has 1 N–H and O–H groups in total. The minimum atomic E-state index is -1.09. The fraction of sp³-hybridized carbons (Fsp3) is 0.167. The predicted octanol–water partition coefficient (Wildman–Crippen LogP) is 2.33. The van der Waals surface area contributed by atoms with Crippen molar-refractivity contribution in [2.75, 3.05) is 0 Å². The lowest BCUT2D eigenvalue weighted by Crippen LogP contribution is -2.02. The fourth-order valence-corrected chi connectivity index (χ4v) is 1.53. The molecule has 1 aromatic carbocycles. The fourth-order valence-electron chi connectivity index (χ4n) is 1.53. The maximum atomic E-state index is 13.4. The first-order valence-corrected chi connectivity index (χ1v) is 5.05. The van der Waals surface area contributed by atoms with Gasteiger partial charge >= 0.3 is 5.97 Å². The lowest BCUT2D eigenvalue weighted by Gasteiger charge is -2.02. The standard InChI is InChI=1S/C12H11FN2O2/c1-7-3-4-9(5-10(7)13)15-6-8(2)11(14-15)12(16)17/h3-6H,1-2H3,(H,16,17). The van der Waals surface area contributed by atoms with E-state index in [1.165, 1.54) is 10.7 Å². The van der Waals surface area contributed by atoms with Crippen LogP contribution in [0.1, 0.15) is 21.6 Å². The number of benzene rings is 1. The van der Waals surface area contributed by atoms with Gasteiger partial charge in [-0.2, -0.15) is 5.10 Å². The van der Waals surface area contributed by atoms with Crippen molar-refractivity contribution in [3.8, 4) is 5.69 Å². The van der Waals surface area contributed by atoms with E-state index in [2.05, 4.69) is 5.10 Å². The van der Waals surface area contributed by atoms with Gasteiger partial charge in [0.25, 0.3) is 0 Å². The van der Waals surface area contributed by atoms with E-state index in [9.17, 15) is 9.18 Å². The van der Waals surface area contributed by atoms with Crippen LogP contribution in [-0.4, -0.2) is 20.9 Å². The van der Waals surface area contributed by atoms with Crippen molar-refractivity contribution in [3.63, 3.8) is 0 Å². The summed E-state index contributed by atoms with van der Waals surface area (Å²) >= 11 is 0. The molecule has 0 atom stereocenters. The Labute approximate surface area is 97.3 Å². The number of aromatic nitrogens is 2. The van der Waals surface area contributed by atoms with Crippen LogP contribution in [0.2, 0.25) is 0 Å². The summed E-state index contributed by atoms with van der Waals surface area (Å²) in [6, 6.07) is 4.64. The van der Waals surface area contributed by atoms with E-state index in [1.54, 1.807) is 32.2 Å². The minimum Gasteiger partial charge on any atom is -0.476 e. The average molecular weight is 234 g/mol. The number of carboxylic acids is 1. The summed E-state index contributed by atoms with van der Waals surface area (Å²) in [7, 11) is 0. The van der Waals surface area contributed by atoms with Crippen LogP contribution < -0.4 is 0 Å². The summed E-state index contributed by atoms with van der Waals surface area (Å²) in [6.45, 7) is 3.31. The van der Waals surface area contributed by atoms with Gasteiger partial charge in [-0.1, -0.05) is 6.07 Å². The molecular weight excluding hydrogens is 223 g/mol. The second-order valence-electron chi connectivity index (χ2n) is 3.84. The molecule has 0 saturated carbocycles. The van der Waals surface area contributed by atoms with Crippen molar-refractivity contribution in [1.29, 1.82) is 0 Å². The largest absolute Gasteiger partial charge is 0.476 e. The molecule has 0 amide bonds. The quantitative estimate of drug-likeness (QED) is 0.867. The summed E-state index contributed by atoms with van der Waals surface area (Å²) in [4.78, 5) is 10.8. The number of rotatable bonds is 2. The third kappa shape index (κ3) is 2.04. The van der Waals surface area contributed by atoms with Crippen LogP contribution in [0.15, 0.2) is 24.4 Å². The predicted molar refractivity (Wildman–Crippen MR) is 60.0 cm³/mol. The van der Waals surface area contributed by atoms with E-state index in [-0.39, 0.29) is 11.5 Å². The number of aryl methyl sites for hydroxylation is 2. The SMILES string of the molecule is Cc1ccc(-n2cc(C)c(C(=O)O)n2)cc1F. The normalized spacial score (nSPS) is 10.5. The molecule has 17 heavy (non-hydrogen) atoms. The molecule has 88 valence electrons. The van der Waals surface area contributed by atoms with E-state index >= 15 is 0 Å². The Kier molecular flexibility index (Phi) is 2.67. The van der Waals surface area contributed by atoms with Crippen LogP contribution in [0.5, 0.6) is 0 Å². The summed E-state index contributed by atoms with van der Waals surface area (Å²) in [6.07, 6.45) is 1.56. The Morgan fingerprint density at radius 1 is 1.35 bits per heavy atom. The van der Waals surface area contributed by atoms with Crippen LogP contribution in [0.4, 0.5) is 4.39 Å². The molecule has 1 aromatic heterocycles. The van der Waals surface area contributed by atoms with Gasteiger partial charge in [-0.05, 0) is 31.5 Å². The molecule has 0 saturated heterocycles. The molecule has 4 nitrogen and oxygen atoms in total. The Balaban J connectivity index is 2.50. The van der Waals surface area contributed by atoms with Gasteiger partial charge in [0, 0.05) is 11.8 Å². The van der Waals surface area contributed by atoms with Gasteiger partial charge in [-0.3, -0.25) is 0 Å². The van der Waals surface area contributed by atoms with Gasteiger partial charge in [0.1, 0.15) is 5.82 Å². The van der Waals surface area contributed by atoms with Gasteiger partial charge < -0.3 is 5.11 Å². The molecule has 0 fully saturated rings. The molecule has 0 spiro atoms. The molecule has 2 aromatic rings. The third-order valence-electron chi connectivity index (χ3n) is 2.52. The maximum absolute atomic E-state index is 13.4. The molecule has 0 aliphatic heterocycles. The summed E-state index contributed by atoms with van der Waals surface area (Å²) < 4.78 is 14.7. The third-order valence-corrected chi connectivity index (χ3v) is 2.52. The number of hydrogen-bond acceptors (Lipinski definition) is 2. The number of halogens is 1. The molecule has 1 heterocycles. The van der Waals surface area contributed by atoms with Gasteiger partial charge in [0.05, 0.1) is 5.69 Å². The Hall–Kier alpha value is -2.17. The highest BCUT2D eigenvalue weighted by atomic mass is 19.1. The van der Waals surface area contributed by atoms with Crippen molar-refractivity contribution in [1.82, 2.24) is 9.78 Å². The zero-order valence-electron chi connectivity index (χ0n) is 9.44. The maximum Gasteiger partial charge on any atom is 0.356 e. The molecule has 0 aliphatic rings. The molecule has 0 unspecified atom stereocenters. The first-order valence-electron chi connectivity index (χ1n) is 5.05. The summed E-state index contributed by atoms with van der Waals surface area (Å²) in [5.74, 6) is -1.43. The first-order chi connectivity index (χ1) is 7.99. The molecule has 0 bridgehead atoms. The summed E-state index contributed by atoms with van der Waals surface area (Å²) in [5.41, 5.74) is 1.56. The van der Waals surface area contributed by atoms with Crippen molar-refractivity contribution >= 4 is 5.97 Å². The van der Waals surface area contributed by atoms with Crippen LogP contribution in [-0.2, 0) is 0 Å². The average Bonchev–Trinajstić information content (AvgIpc) is 2.64.